The third kappa shape index (κ3) is 9.98. The van der Waals surface area contributed by atoms with Crippen molar-refractivity contribution in [1.29, 1.82) is 0 Å². The van der Waals surface area contributed by atoms with E-state index in [0.717, 1.165) is 28.1 Å². The molecule has 10 nitrogen and oxygen atoms in total. The van der Waals surface area contributed by atoms with Gasteiger partial charge in [-0.25, -0.2) is 0 Å². The second-order valence-electron chi connectivity index (χ2n) is 11.5. The van der Waals surface area contributed by atoms with E-state index >= 15 is 0 Å². The number of primary amides is 1. The molecule has 2 unspecified atom stereocenters. The van der Waals surface area contributed by atoms with E-state index in [9.17, 15) is 45.1 Å². The quantitative estimate of drug-likeness (QED) is 0.130. The van der Waals surface area contributed by atoms with Gasteiger partial charge in [0.1, 0.15) is 0 Å². The molecule has 0 bridgehead atoms. The Morgan fingerprint density at radius 3 is 1.55 bits per heavy atom. The summed E-state index contributed by atoms with van der Waals surface area (Å²) in [7, 11) is 0. The van der Waals surface area contributed by atoms with Gasteiger partial charge in [-0.2, -0.15) is 13.2 Å². The Morgan fingerprint density at radius 2 is 1.18 bits per heavy atom. The zero-order valence-electron chi connectivity index (χ0n) is 27.4. The molecule has 272 valence electrons. The van der Waals surface area contributed by atoms with E-state index in [1.54, 1.807) is 48.5 Å². The van der Waals surface area contributed by atoms with Crippen LogP contribution in [-0.4, -0.2) is 47.0 Å². The maximum atomic E-state index is 13.3. The predicted octanol–water partition coefficient (Wildman–Crippen LogP) is 5.67. The first-order valence-corrected chi connectivity index (χ1v) is 18.9. The molecule has 0 aliphatic rings. The summed E-state index contributed by atoms with van der Waals surface area (Å²) in [6.45, 7) is 3.85. The number of carbonyl (C=O) groups excluding carboxylic acids is 3. The molecule has 1 aromatic heterocycles. The molecule has 4 rings (SSSR count). The first kappa shape index (κ1) is 39.6. The van der Waals surface area contributed by atoms with Gasteiger partial charge >= 0.3 is 6.18 Å². The number of nitrogens with one attached hydrogen (secondary N) is 2. The zero-order chi connectivity index (χ0) is 37.5. The van der Waals surface area contributed by atoms with Crippen LogP contribution in [0.4, 0.5) is 13.2 Å². The Bertz CT molecular complexity index is 1910. The summed E-state index contributed by atoms with van der Waals surface area (Å²) in [6, 6.07) is 17.8. The number of thiophene rings is 1. The average Bonchev–Trinajstić information content (AvgIpc) is 3.45. The van der Waals surface area contributed by atoms with Gasteiger partial charge in [-0.05, 0) is 100 Å². The molecule has 51 heavy (non-hydrogen) atoms. The zero-order valence-corrected chi connectivity index (χ0v) is 29.9. The highest BCUT2D eigenvalue weighted by molar-refractivity contribution is 7.79. The van der Waals surface area contributed by atoms with Crippen LogP contribution in [0.25, 0.3) is 0 Å². The lowest BCUT2D eigenvalue weighted by molar-refractivity contribution is -0.137. The van der Waals surface area contributed by atoms with E-state index in [1.165, 1.54) is 23.5 Å². The lowest BCUT2D eigenvalue weighted by atomic mass is 9.86. The van der Waals surface area contributed by atoms with Crippen molar-refractivity contribution in [3.63, 3.8) is 0 Å². The fraction of sp³-hybridized carbons (Fsp3) is 0.286. The van der Waals surface area contributed by atoms with E-state index in [4.69, 9.17) is 5.73 Å². The number of halogens is 3. The number of alkyl halides is 3. The van der Waals surface area contributed by atoms with Gasteiger partial charge in [0.15, 0.2) is 0 Å². The number of benzene rings is 3. The summed E-state index contributed by atoms with van der Waals surface area (Å²) < 4.78 is 83.6. The number of rotatable bonds is 15. The lowest BCUT2D eigenvalue weighted by Gasteiger charge is -2.18. The minimum Gasteiger partial charge on any atom is -0.771 e. The van der Waals surface area contributed by atoms with E-state index in [1.807, 2.05) is 13.8 Å². The fourth-order valence-corrected chi connectivity index (χ4v) is 8.07. The number of amides is 3. The van der Waals surface area contributed by atoms with Crippen molar-refractivity contribution in [3.05, 3.63) is 127 Å². The molecule has 4 atom stereocenters. The Labute approximate surface area is 301 Å². The average molecular weight is 762 g/mol. The van der Waals surface area contributed by atoms with Crippen molar-refractivity contribution < 1.29 is 45.1 Å². The van der Waals surface area contributed by atoms with Crippen molar-refractivity contribution in [2.24, 2.45) is 5.73 Å². The van der Waals surface area contributed by atoms with Crippen LogP contribution in [0.1, 0.15) is 107 Å². The second-order valence-corrected chi connectivity index (χ2v) is 14.4. The predicted molar refractivity (Wildman–Crippen MR) is 187 cm³/mol. The number of hydrogen-bond donors (Lipinski definition) is 3. The summed E-state index contributed by atoms with van der Waals surface area (Å²) in [4.78, 5) is 39.6. The van der Waals surface area contributed by atoms with Crippen LogP contribution < -0.4 is 16.4 Å². The summed E-state index contributed by atoms with van der Waals surface area (Å²) >= 11 is -3.56. The van der Waals surface area contributed by atoms with Crippen LogP contribution in [0.3, 0.4) is 0 Å². The summed E-state index contributed by atoms with van der Waals surface area (Å²) in [5.74, 6) is -3.66. The highest BCUT2D eigenvalue weighted by Crippen LogP contribution is 2.45. The van der Waals surface area contributed by atoms with Crippen LogP contribution in [0.2, 0.25) is 0 Å². The molecule has 0 aliphatic carbocycles. The minimum absolute atomic E-state index is 0.0994. The van der Waals surface area contributed by atoms with Crippen molar-refractivity contribution in [2.75, 3.05) is 11.8 Å². The van der Waals surface area contributed by atoms with E-state index in [-0.39, 0.29) is 34.9 Å². The van der Waals surface area contributed by atoms with Gasteiger partial charge in [-0.15, -0.1) is 11.3 Å². The van der Waals surface area contributed by atoms with Crippen LogP contribution in [0, 0.1) is 0 Å². The SMILES string of the molecule is CC[C@@H](c1ccc(C(=O)NCS(=O)[O-])cc1)c1sc([C@@H](CC)c2ccc(C(=O)NCS(=O)[O-])cc2)c(C(N)=O)c1Cc1ccc(C(F)(F)F)cc1. The van der Waals surface area contributed by atoms with Crippen molar-refractivity contribution in [3.8, 4) is 0 Å². The highest BCUT2D eigenvalue weighted by Gasteiger charge is 2.32. The molecule has 0 saturated heterocycles. The molecule has 0 spiro atoms. The van der Waals surface area contributed by atoms with Gasteiger partial charge in [-0.1, -0.05) is 50.2 Å². The molecule has 0 radical (unpaired) electrons. The smallest absolute Gasteiger partial charge is 0.416 e. The molecule has 0 aliphatic heterocycles. The maximum absolute atomic E-state index is 13.3. The summed E-state index contributed by atoms with van der Waals surface area (Å²) in [5.41, 5.74) is 8.59. The molecular formula is C35H34F3N3O7S3-2. The van der Waals surface area contributed by atoms with Crippen LogP contribution in [-0.2, 0) is 34.8 Å². The monoisotopic (exact) mass is 761 g/mol. The van der Waals surface area contributed by atoms with Gasteiger partial charge < -0.3 is 25.5 Å². The van der Waals surface area contributed by atoms with Crippen LogP contribution >= 0.6 is 11.3 Å². The van der Waals surface area contributed by atoms with Gasteiger partial charge in [0, 0.05) is 32.7 Å². The van der Waals surface area contributed by atoms with Crippen LogP contribution in [0.15, 0.2) is 72.8 Å². The Hall–Kier alpha value is -4.22. The van der Waals surface area contributed by atoms with Gasteiger partial charge in [0.2, 0.25) is 5.91 Å². The molecule has 3 aromatic carbocycles. The normalized spacial score (nSPS) is 13.9. The minimum atomic E-state index is -4.53. The molecular weight excluding hydrogens is 728 g/mol. The van der Waals surface area contributed by atoms with Gasteiger partial charge in [-0.3, -0.25) is 22.8 Å². The van der Waals surface area contributed by atoms with Crippen LogP contribution in [0.5, 0.6) is 0 Å². The summed E-state index contributed by atoms with van der Waals surface area (Å²) in [5, 5.41) is 4.60. The number of carbonyl (C=O) groups is 3. The van der Waals surface area contributed by atoms with Crippen molar-refractivity contribution in [1.82, 2.24) is 10.6 Å². The van der Waals surface area contributed by atoms with E-state index < -0.39 is 63.4 Å². The molecule has 3 amide bonds. The molecule has 4 N–H and O–H groups in total. The third-order valence-corrected chi connectivity index (χ3v) is 10.5. The number of hydrogen-bond acceptors (Lipinski definition) is 8. The summed E-state index contributed by atoms with van der Waals surface area (Å²) in [6.07, 6.45) is -3.38. The van der Waals surface area contributed by atoms with Gasteiger partial charge in [0.25, 0.3) is 11.8 Å². The molecule has 0 saturated carbocycles. The van der Waals surface area contributed by atoms with Gasteiger partial charge in [0.05, 0.1) is 22.9 Å². The third-order valence-electron chi connectivity index (χ3n) is 8.28. The Kier molecular flexibility index (Phi) is 13.4. The Morgan fingerprint density at radius 1 is 0.745 bits per heavy atom. The molecule has 16 heteroatoms. The van der Waals surface area contributed by atoms with E-state index in [0.29, 0.717) is 28.8 Å². The Balaban J connectivity index is 1.82. The number of nitrogens with two attached hydrogens (primary N) is 1. The first-order chi connectivity index (χ1) is 24.1. The highest BCUT2D eigenvalue weighted by atomic mass is 32.2. The topological polar surface area (TPSA) is 182 Å². The van der Waals surface area contributed by atoms with Crippen molar-refractivity contribution in [2.45, 2.75) is 51.1 Å². The molecule has 4 aromatic rings. The van der Waals surface area contributed by atoms with E-state index in [2.05, 4.69) is 10.6 Å². The first-order valence-electron chi connectivity index (χ1n) is 15.6. The molecule has 0 fully saturated rings. The lowest BCUT2D eigenvalue weighted by Crippen LogP contribution is -2.26. The maximum Gasteiger partial charge on any atom is 0.416 e. The standard InChI is InChI=1S/C35H36F3N3O7S3/c1-3-26(21-7-11-23(12-8-21)33(43)40-18-50(45)46)30-28(17-20-5-15-25(16-6-20)35(36,37)38)29(32(39)42)31(49-30)27(4-2)22-9-13-24(14-10-22)34(44)41-19-51(47)48/h5-16,26-27H,3-4,17-19H2,1-2H3,(H2,39,42)(H,40,43)(H,41,44)(H,45,46)(H,47,48)/p-2/t26-,27-/m0/s1. The molecule has 1 heterocycles. The second kappa shape index (κ2) is 17.3. The van der Waals surface area contributed by atoms with Crippen molar-refractivity contribution >= 4 is 51.2 Å². The fourth-order valence-electron chi connectivity index (χ4n) is 5.82. The largest absolute Gasteiger partial charge is 0.771 e.